The maximum atomic E-state index is 10.7. The average Bonchev–Trinajstić information content (AvgIpc) is 2.33. The first-order chi connectivity index (χ1) is 8.09. The van der Waals surface area contributed by atoms with Gasteiger partial charge in [0, 0.05) is 23.9 Å². The second-order valence-corrected chi connectivity index (χ2v) is 4.01. The molecule has 0 bridgehead atoms. The molecule has 1 heterocycles. The van der Waals surface area contributed by atoms with Gasteiger partial charge in [0.25, 0.3) is 5.69 Å². The van der Waals surface area contributed by atoms with Gasteiger partial charge in [-0.25, -0.2) is 4.98 Å². The number of pyridine rings is 1. The zero-order valence-electron chi connectivity index (χ0n) is 8.43. The van der Waals surface area contributed by atoms with Crippen LogP contribution in [0.5, 0.6) is 0 Å². The summed E-state index contributed by atoms with van der Waals surface area (Å²) < 4.78 is 0. The van der Waals surface area contributed by atoms with Crippen LogP contribution in [-0.4, -0.2) is 9.91 Å². The number of nitrogens with zero attached hydrogens (tertiary/aromatic N) is 2. The van der Waals surface area contributed by atoms with Gasteiger partial charge in [-0.15, -0.1) is 0 Å². The first kappa shape index (κ1) is 11.8. The summed E-state index contributed by atoms with van der Waals surface area (Å²) in [5.41, 5.74) is 1.26. The van der Waals surface area contributed by atoms with Crippen LogP contribution in [0.3, 0.4) is 0 Å². The highest BCUT2D eigenvalue weighted by molar-refractivity contribution is 6.42. The molecule has 1 aromatic carbocycles. The van der Waals surface area contributed by atoms with Crippen molar-refractivity contribution in [1.82, 2.24) is 4.98 Å². The Hall–Kier alpha value is -1.65. The molecule has 0 atom stereocenters. The lowest BCUT2D eigenvalue weighted by Crippen LogP contribution is -1.89. The van der Waals surface area contributed by atoms with E-state index >= 15 is 0 Å². The van der Waals surface area contributed by atoms with E-state index in [2.05, 4.69) is 4.98 Å². The number of non-ortho nitro benzene ring substituents is 1. The number of benzene rings is 1. The molecule has 0 aliphatic carbocycles. The summed E-state index contributed by atoms with van der Waals surface area (Å²) in [6.07, 6.45) is 1.50. The van der Waals surface area contributed by atoms with Gasteiger partial charge < -0.3 is 0 Å². The van der Waals surface area contributed by atoms with Crippen LogP contribution in [0.25, 0.3) is 11.1 Å². The topological polar surface area (TPSA) is 56.0 Å². The minimum Gasteiger partial charge on any atom is -0.258 e. The van der Waals surface area contributed by atoms with Crippen LogP contribution in [0.1, 0.15) is 0 Å². The quantitative estimate of drug-likeness (QED) is 0.471. The number of hydrogen-bond acceptors (Lipinski definition) is 3. The Labute approximate surface area is 107 Å². The summed E-state index contributed by atoms with van der Waals surface area (Å²) in [5, 5.41) is 11.1. The number of nitro benzene ring substituents is 1. The van der Waals surface area contributed by atoms with Gasteiger partial charge in [-0.2, -0.15) is 0 Å². The standard InChI is InChI=1S/C11H6Cl2N2O2/c12-10-9(4-5-14-11(10)13)7-2-1-3-8(6-7)15(16)17/h1-6H. The van der Waals surface area contributed by atoms with Crippen LogP contribution in [0.4, 0.5) is 5.69 Å². The molecule has 1 aromatic heterocycles. The Morgan fingerprint density at radius 2 is 2.00 bits per heavy atom. The van der Waals surface area contributed by atoms with E-state index in [0.717, 1.165) is 0 Å². The third-order valence-corrected chi connectivity index (χ3v) is 2.98. The normalized spacial score (nSPS) is 10.2. The molecule has 0 amide bonds. The molecule has 0 N–H and O–H groups in total. The van der Waals surface area contributed by atoms with Crippen LogP contribution in [0.15, 0.2) is 36.5 Å². The second kappa shape index (κ2) is 4.69. The van der Waals surface area contributed by atoms with Crippen molar-refractivity contribution in [1.29, 1.82) is 0 Å². The van der Waals surface area contributed by atoms with Crippen molar-refractivity contribution in [3.8, 4) is 11.1 Å². The van der Waals surface area contributed by atoms with Gasteiger partial charge in [0.05, 0.1) is 9.95 Å². The molecule has 86 valence electrons. The first-order valence-electron chi connectivity index (χ1n) is 4.64. The highest BCUT2D eigenvalue weighted by Gasteiger charge is 2.11. The molecule has 0 spiro atoms. The van der Waals surface area contributed by atoms with E-state index in [9.17, 15) is 10.1 Å². The minimum atomic E-state index is -0.458. The second-order valence-electron chi connectivity index (χ2n) is 3.27. The molecule has 2 rings (SSSR count). The van der Waals surface area contributed by atoms with Crippen molar-refractivity contribution >= 4 is 28.9 Å². The number of rotatable bonds is 2. The van der Waals surface area contributed by atoms with E-state index < -0.39 is 4.92 Å². The third kappa shape index (κ3) is 2.38. The largest absolute Gasteiger partial charge is 0.270 e. The molecular weight excluding hydrogens is 263 g/mol. The molecule has 0 aliphatic rings. The van der Waals surface area contributed by atoms with Crippen molar-refractivity contribution in [3.63, 3.8) is 0 Å². The van der Waals surface area contributed by atoms with Crippen molar-refractivity contribution < 1.29 is 4.92 Å². The molecule has 4 nitrogen and oxygen atoms in total. The van der Waals surface area contributed by atoms with Gasteiger partial charge in [-0.1, -0.05) is 35.3 Å². The van der Waals surface area contributed by atoms with Crippen LogP contribution in [0, 0.1) is 10.1 Å². The summed E-state index contributed by atoms with van der Waals surface area (Å²) in [6, 6.07) is 7.84. The van der Waals surface area contributed by atoms with Crippen LogP contribution in [-0.2, 0) is 0 Å². The van der Waals surface area contributed by atoms with E-state index in [4.69, 9.17) is 23.2 Å². The van der Waals surface area contributed by atoms with Crippen molar-refractivity contribution in [2.24, 2.45) is 0 Å². The highest BCUT2D eigenvalue weighted by atomic mass is 35.5. The smallest absolute Gasteiger partial charge is 0.258 e. The lowest BCUT2D eigenvalue weighted by molar-refractivity contribution is -0.384. The summed E-state index contributed by atoms with van der Waals surface area (Å²) in [7, 11) is 0. The molecule has 0 radical (unpaired) electrons. The number of halogens is 2. The maximum absolute atomic E-state index is 10.7. The lowest BCUT2D eigenvalue weighted by atomic mass is 10.1. The van der Waals surface area contributed by atoms with E-state index in [1.807, 2.05) is 0 Å². The fourth-order valence-corrected chi connectivity index (χ4v) is 1.81. The highest BCUT2D eigenvalue weighted by Crippen LogP contribution is 2.33. The number of nitro groups is 1. The Bertz CT molecular complexity index is 587. The molecule has 2 aromatic rings. The van der Waals surface area contributed by atoms with Gasteiger partial charge in [-0.3, -0.25) is 10.1 Å². The molecule has 0 saturated heterocycles. The zero-order chi connectivity index (χ0) is 12.4. The Morgan fingerprint density at radius 3 is 2.71 bits per heavy atom. The van der Waals surface area contributed by atoms with Crippen LogP contribution < -0.4 is 0 Å². The molecule has 6 heteroatoms. The van der Waals surface area contributed by atoms with E-state index in [-0.39, 0.29) is 15.9 Å². The van der Waals surface area contributed by atoms with E-state index in [1.54, 1.807) is 18.2 Å². The minimum absolute atomic E-state index is 0.00602. The SMILES string of the molecule is O=[N+]([O-])c1cccc(-c2ccnc(Cl)c2Cl)c1. The maximum Gasteiger partial charge on any atom is 0.270 e. The van der Waals surface area contributed by atoms with Crippen LogP contribution in [0.2, 0.25) is 10.2 Å². The predicted octanol–water partition coefficient (Wildman–Crippen LogP) is 3.96. The van der Waals surface area contributed by atoms with Crippen molar-refractivity contribution in [3.05, 3.63) is 56.8 Å². The lowest BCUT2D eigenvalue weighted by Gasteiger charge is -2.04. The molecule has 17 heavy (non-hydrogen) atoms. The van der Waals surface area contributed by atoms with Crippen LogP contribution >= 0.6 is 23.2 Å². The van der Waals surface area contributed by atoms with Crippen molar-refractivity contribution in [2.75, 3.05) is 0 Å². The first-order valence-corrected chi connectivity index (χ1v) is 5.40. The van der Waals surface area contributed by atoms with Gasteiger partial charge >= 0.3 is 0 Å². The Balaban J connectivity index is 2.57. The van der Waals surface area contributed by atoms with Gasteiger partial charge in [0.15, 0.2) is 0 Å². The Kier molecular flexibility index (Phi) is 3.26. The molecule has 0 saturated carbocycles. The molecule has 0 aliphatic heterocycles. The fraction of sp³-hybridized carbons (Fsp3) is 0. The fourth-order valence-electron chi connectivity index (χ4n) is 1.43. The number of aromatic nitrogens is 1. The van der Waals surface area contributed by atoms with Gasteiger partial charge in [-0.05, 0) is 11.6 Å². The zero-order valence-corrected chi connectivity index (χ0v) is 9.94. The summed E-state index contributed by atoms with van der Waals surface area (Å²) >= 11 is 11.8. The summed E-state index contributed by atoms with van der Waals surface area (Å²) in [6.45, 7) is 0. The molecule has 0 fully saturated rings. The number of hydrogen-bond donors (Lipinski definition) is 0. The monoisotopic (exact) mass is 268 g/mol. The van der Waals surface area contributed by atoms with Gasteiger partial charge in [0.2, 0.25) is 0 Å². The predicted molar refractivity (Wildman–Crippen MR) is 66.3 cm³/mol. The van der Waals surface area contributed by atoms with E-state index in [1.165, 1.54) is 18.3 Å². The van der Waals surface area contributed by atoms with Gasteiger partial charge in [0.1, 0.15) is 5.15 Å². The summed E-state index contributed by atoms with van der Waals surface area (Å²) in [4.78, 5) is 14.0. The summed E-state index contributed by atoms with van der Waals surface area (Å²) in [5.74, 6) is 0. The molecular formula is C11H6Cl2N2O2. The molecule has 0 unspecified atom stereocenters. The Morgan fingerprint density at radius 1 is 1.24 bits per heavy atom. The van der Waals surface area contributed by atoms with Crippen molar-refractivity contribution in [2.45, 2.75) is 0 Å². The average molecular weight is 269 g/mol. The van der Waals surface area contributed by atoms with E-state index in [0.29, 0.717) is 11.1 Å². The third-order valence-electron chi connectivity index (χ3n) is 2.21.